The molecule has 0 radical (unpaired) electrons. The Kier molecular flexibility index (Phi) is 5.39. The summed E-state index contributed by atoms with van der Waals surface area (Å²) in [6.45, 7) is 11.5. The number of piperidine rings is 1. The molecule has 0 saturated carbocycles. The van der Waals surface area contributed by atoms with Crippen LogP contribution in [0.25, 0.3) is 0 Å². The van der Waals surface area contributed by atoms with Gasteiger partial charge in [0.25, 0.3) is 0 Å². The lowest BCUT2D eigenvalue weighted by atomic mass is 9.87. The van der Waals surface area contributed by atoms with E-state index in [0.29, 0.717) is 4.99 Å². The van der Waals surface area contributed by atoms with Crippen molar-refractivity contribution in [1.82, 2.24) is 4.90 Å². The fourth-order valence-corrected chi connectivity index (χ4v) is 2.74. The Morgan fingerprint density at radius 1 is 1.41 bits per heavy atom. The molecule has 3 heteroatoms. The predicted octanol–water partition coefficient (Wildman–Crippen LogP) is 3.20. The lowest BCUT2D eigenvalue weighted by molar-refractivity contribution is 0.125. The van der Waals surface area contributed by atoms with Crippen LogP contribution in [0.2, 0.25) is 0 Å². The van der Waals surface area contributed by atoms with Gasteiger partial charge < -0.3 is 10.6 Å². The van der Waals surface area contributed by atoms with Gasteiger partial charge in [-0.05, 0) is 51.6 Å². The maximum absolute atomic E-state index is 5.75. The van der Waals surface area contributed by atoms with Gasteiger partial charge >= 0.3 is 0 Å². The SMILES string of the molecule is CC1CCN(CCCC(C)(C)C(N)=S)C(C)C1. The third-order valence-corrected chi connectivity index (χ3v) is 4.74. The summed E-state index contributed by atoms with van der Waals surface area (Å²) >= 11 is 5.10. The fourth-order valence-electron chi connectivity index (χ4n) is 2.64. The van der Waals surface area contributed by atoms with Crippen molar-refractivity contribution >= 4 is 17.2 Å². The maximum atomic E-state index is 5.75. The molecule has 0 amide bonds. The highest BCUT2D eigenvalue weighted by molar-refractivity contribution is 7.80. The van der Waals surface area contributed by atoms with E-state index in [1.807, 2.05) is 0 Å². The highest BCUT2D eigenvalue weighted by Gasteiger charge is 2.24. The number of nitrogens with two attached hydrogens (primary N) is 1. The van der Waals surface area contributed by atoms with Gasteiger partial charge in [-0.3, -0.25) is 0 Å². The van der Waals surface area contributed by atoms with Crippen molar-refractivity contribution in [2.75, 3.05) is 13.1 Å². The molecule has 1 heterocycles. The standard InChI is InChI=1S/C14H28N2S/c1-11-6-9-16(12(2)10-11)8-5-7-14(3,4)13(15)17/h11-12H,5-10H2,1-4H3,(H2,15,17). The monoisotopic (exact) mass is 256 g/mol. The Balaban J connectivity index is 2.29. The zero-order chi connectivity index (χ0) is 13.1. The van der Waals surface area contributed by atoms with Crippen LogP contribution < -0.4 is 5.73 Å². The first kappa shape index (κ1) is 14.9. The number of nitrogens with zero attached hydrogens (tertiary/aromatic N) is 1. The van der Waals surface area contributed by atoms with E-state index in [9.17, 15) is 0 Å². The number of hydrogen-bond acceptors (Lipinski definition) is 2. The fraction of sp³-hybridized carbons (Fsp3) is 0.929. The molecule has 2 unspecified atom stereocenters. The Morgan fingerprint density at radius 2 is 2.06 bits per heavy atom. The van der Waals surface area contributed by atoms with Crippen molar-refractivity contribution in [2.45, 2.75) is 59.4 Å². The molecule has 2 N–H and O–H groups in total. The summed E-state index contributed by atoms with van der Waals surface area (Å²) < 4.78 is 0. The second kappa shape index (κ2) is 6.14. The van der Waals surface area contributed by atoms with E-state index in [4.69, 9.17) is 18.0 Å². The van der Waals surface area contributed by atoms with Crippen LogP contribution in [0.15, 0.2) is 0 Å². The zero-order valence-electron chi connectivity index (χ0n) is 11.8. The minimum atomic E-state index is 0.0155. The van der Waals surface area contributed by atoms with Crippen LogP contribution in [0.5, 0.6) is 0 Å². The molecule has 0 aliphatic carbocycles. The van der Waals surface area contributed by atoms with E-state index in [1.165, 1.54) is 32.4 Å². The molecule has 1 fully saturated rings. The molecule has 1 aliphatic rings. The van der Waals surface area contributed by atoms with E-state index >= 15 is 0 Å². The number of hydrogen-bond donors (Lipinski definition) is 1. The average molecular weight is 256 g/mol. The Labute approximate surface area is 112 Å². The maximum Gasteiger partial charge on any atom is 0.0784 e. The van der Waals surface area contributed by atoms with Crippen molar-refractivity contribution in [3.05, 3.63) is 0 Å². The predicted molar refractivity (Wildman–Crippen MR) is 79.2 cm³/mol. The van der Waals surface area contributed by atoms with Gasteiger partial charge in [-0.2, -0.15) is 0 Å². The smallest absolute Gasteiger partial charge is 0.0784 e. The first-order valence-corrected chi connectivity index (χ1v) is 7.27. The summed E-state index contributed by atoms with van der Waals surface area (Å²) in [4.78, 5) is 3.27. The van der Waals surface area contributed by atoms with Gasteiger partial charge in [0.2, 0.25) is 0 Å². The Bertz CT molecular complexity index is 263. The molecule has 0 aromatic carbocycles. The molecular weight excluding hydrogens is 228 g/mol. The number of likely N-dealkylation sites (tertiary alicyclic amines) is 1. The van der Waals surface area contributed by atoms with Crippen LogP contribution in [-0.2, 0) is 0 Å². The molecule has 1 saturated heterocycles. The van der Waals surface area contributed by atoms with Crippen LogP contribution in [0.1, 0.15) is 53.4 Å². The highest BCUT2D eigenvalue weighted by atomic mass is 32.1. The first-order chi connectivity index (χ1) is 7.83. The summed E-state index contributed by atoms with van der Waals surface area (Å²) in [5.41, 5.74) is 5.77. The molecule has 1 rings (SSSR count). The minimum absolute atomic E-state index is 0.0155. The van der Waals surface area contributed by atoms with Gasteiger partial charge in [0.05, 0.1) is 4.99 Å². The van der Waals surface area contributed by atoms with E-state index in [2.05, 4.69) is 32.6 Å². The summed E-state index contributed by atoms with van der Waals surface area (Å²) in [5, 5.41) is 0. The highest BCUT2D eigenvalue weighted by Crippen LogP contribution is 2.25. The molecule has 100 valence electrons. The van der Waals surface area contributed by atoms with Gasteiger partial charge in [-0.25, -0.2) is 0 Å². The second-order valence-corrected chi connectivity index (χ2v) is 6.81. The molecule has 2 atom stereocenters. The van der Waals surface area contributed by atoms with Gasteiger partial charge in [0.15, 0.2) is 0 Å². The lowest BCUT2D eigenvalue weighted by Crippen LogP contribution is -2.41. The molecule has 0 aromatic rings. The van der Waals surface area contributed by atoms with Crippen LogP contribution in [-0.4, -0.2) is 29.0 Å². The zero-order valence-corrected chi connectivity index (χ0v) is 12.6. The molecule has 0 spiro atoms. The average Bonchev–Trinajstić information content (AvgIpc) is 2.21. The topological polar surface area (TPSA) is 29.3 Å². The summed E-state index contributed by atoms with van der Waals surface area (Å²) in [6, 6.07) is 0.742. The van der Waals surface area contributed by atoms with Gasteiger partial charge in [0.1, 0.15) is 0 Å². The normalized spacial score (nSPS) is 27.1. The van der Waals surface area contributed by atoms with Crippen molar-refractivity contribution in [2.24, 2.45) is 17.1 Å². The Hall–Kier alpha value is -0.150. The van der Waals surface area contributed by atoms with Crippen molar-refractivity contribution in [3.8, 4) is 0 Å². The van der Waals surface area contributed by atoms with Crippen LogP contribution in [0, 0.1) is 11.3 Å². The molecule has 0 aromatic heterocycles. The largest absolute Gasteiger partial charge is 0.393 e. The second-order valence-electron chi connectivity index (χ2n) is 6.37. The van der Waals surface area contributed by atoms with Crippen molar-refractivity contribution in [1.29, 1.82) is 0 Å². The lowest BCUT2D eigenvalue weighted by Gasteiger charge is -2.37. The molecular formula is C14H28N2S. The van der Waals surface area contributed by atoms with E-state index in [0.717, 1.165) is 18.4 Å². The third kappa shape index (κ3) is 4.55. The van der Waals surface area contributed by atoms with E-state index in [-0.39, 0.29) is 5.41 Å². The van der Waals surface area contributed by atoms with E-state index in [1.54, 1.807) is 0 Å². The minimum Gasteiger partial charge on any atom is -0.393 e. The van der Waals surface area contributed by atoms with Crippen molar-refractivity contribution < 1.29 is 0 Å². The number of thiocarbonyl (C=S) groups is 1. The van der Waals surface area contributed by atoms with Crippen LogP contribution >= 0.6 is 12.2 Å². The first-order valence-electron chi connectivity index (χ1n) is 6.87. The third-order valence-electron chi connectivity index (χ3n) is 4.19. The van der Waals surface area contributed by atoms with Crippen LogP contribution in [0.3, 0.4) is 0 Å². The van der Waals surface area contributed by atoms with Gasteiger partial charge in [-0.15, -0.1) is 0 Å². The summed E-state index contributed by atoms with van der Waals surface area (Å²) in [7, 11) is 0. The molecule has 0 bridgehead atoms. The van der Waals surface area contributed by atoms with Gasteiger partial charge in [-0.1, -0.05) is 33.0 Å². The molecule has 2 nitrogen and oxygen atoms in total. The van der Waals surface area contributed by atoms with Crippen molar-refractivity contribution in [3.63, 3.8) is 0 Å². The summed E-state index contributed by atoms with van der Waals surface area (Å²) in [5.74, 6) is 0.898. The quantitative estimate of drug-likeness (QED) is 0.766. The summed E-state index contributed by atoms with van der Waals surface area (Å²) in [6.07, 6.45) is 4.99. The number of rotatable bonds is 5. The van der Waals surface area contributed by atoms with Gasteiger partial charge in [0, 0.05) is 11.5 Å². The Morgan fingerprint density at radius 3 is 2.59 bits per heavy atom. The molecule has 17 heavy (non-hydrogen) atoms. The van der Waals surface area contributed by atoms with Crippen LogP contribution in [0.4, 0.5) is 0 Å². The molecule has 1 aliphatic heterocycles. The van der Waals surface area contributed by atoms with E-state index < -0.39 is 0 Å².